The third kappa shape index (κ3) is 4.17. The molecule has 3 N–H and O–H groups in total. The van der Waals surface area contributed by atoms with Gasteiger partial charge in [0.1, 0.15) is 5.00 Å². The van der Waals surface area contributed by atoms with Gasteiger partial charge < -0.3 is 15.8 Å². The molecule has 28 heavy (non-hydrogen) atoms. The summed E-state index contributed by atoms with van der Waals surface area (Å²) in [6, 6.07) is 10.5. The maximum absolute atomic E-state index is 12.6. The molecule has 0 radical (unpaired) electrons. The molecule has 0 spiro atoms. The number of nitrogens with one attached hydrogen (secondary N) is 1. The molecule has 0 saturated heterocycles. The van der Waals surface area contributed by atoms with Gasteiger partial charge in [0.2, 0.25) is 0 Å². The van der Waals surface area contributed by atoms with Crippen LogP contribution in [0.15, 0.2) is 41.8 Å². The largest absolute Gasteiger partial charge is 0.452 e. The van der Waals surface area contributed by atoms with E-state index in [4.69, 9.17) is 10.5 Å². The summed E-state index contributed by atoms with van der Waals surface area (Å²) < 4.78 is 5.19. The van der Waals surface area contributed by atoms with Gasteiger partial charge in [-0.05, 0) is 29.5 Å². The number of ether oxygens (including phenoxy) is 1. The monoisotopic (exact) mass is 397 g/mol. The molecular weight excluding hydrogens is 378 g/mol. The van der Waals surface area contributed by atoms with Crippen molar-refractivity contribution in [2.45, 2.75) is 19.8 Å². The average Bonchev–Trinajstić information content (AvgIpc) is 3.13. The molecule has 2 amide bonds. The molecule has 2 heterocycles. The van der Waals surface area contributed by atoms with E-state index in [0.29, 0.717) is 21.5 Å². The molecular formula is C20H19N3O4S. The predicted molar refractivity (Wildman–Crippen MR) is 108 cm³/mol. The van der Waals surface area contributed by atoms with Crippen LogP contribution in [0.5, 0.6) is 0 Å². The number of thiophene rings is 1. The van der Waals surface area contributed by atoms with E-state index in [2.05, 4.69) is 10.3 Å². The van der Waals surface area contributed by atoms with Gasteiger partial charge in [0, 0.05) is 11.1 Å². The van der Waals surface area contributed by atoms with Gasteiger partial charge in [0.15, 0.2) is 6.61 Å². The van der Waals surface area contributed by atoms with E-state index in [9.17, 15) is 14.4 Å². The van der Waals surface area contributed by atoms with Crippen molar-refractivity contribution in [1.29, 1.82) is 0 Å². The smallest absolute Gasteiger partial charge is 0.339 e. The number of fused-ring (bicyclic) bond motifs is 1. The number of amides is 2. The first-order valence-electron chi connectivity index (χ1n) is 8.60. The van der Waals surface area contributed by atoms with Gasteiger partial charge in [-0.1, -0.05) is 32.0 Å². The maximum atomic E-state index is 12.6. The Bertz CT molecular complexity index is 1060. The van der Waals surface area contributed by atoms with E-state index in [-0.39, 0.29) is 11.5 Å². The number of carbonyl (C=O) groups excluding carboxylic acids is 3. The molecule has 0 fully saturated rings. The molecule has 0 atom stereocenters. The van der Waals surface area contributed by atoms with Crippen LogP contribution < -0.4 is 11.1 Å². The van der Waals surface area contributed by atoms with Crippen molar-refractivity contribution < 1.29 is 19.1 Å². The summed E-state index contributed by atoms with van der Waals surface area (Å²) in [5.74, 6) is -1.68. The number of benzene rings is 1. The fraction of sp³-hybridized carbons (Fsp3) is 0.200. The van der Waals surface area contributed by atoms with Gasteiger partial charge in [-0.15, -0.1) is 11.3 Å². The number of hydrogen-bond acceptors (Lipinski definition) is 6. The van der Waals surface area contributed by atoms with Gasteiger partial charge in [0.05, 0.1) is 16.6 Å². The van der Waals surface area contributed by atoms with Crippen LogP contribution in [0.25, 0.3) is 10.9 Å². The van der Waals surface area contributed by atoms with Crippen LogP contribution in [0.2, 0.25) is 0 Å². The summed E-state index contributed by atoms with van der Waals surface area (Å²) in [6.45, 7) is 3.48. The minimum atomic E-state index is -0.641. The summed E-state index contributed by atoms with van der Waals surface area (Å²) in [7, 11) is 0. The van der Waals surface area contributed by atoms with Crippen LogP contribution in [-0.2, 0) is 9.53 Å². The summed E-state index contributed by atoms with van der Waals surface area (Å²) in [6.07, 6.45) is 0. The molecule has 3 rings (SSSR count). The number of esters is 1. The summed E-state index contributed by atoms with van der Waals surface area (Å²) >= 11 is 1.16. The Morgan fingerprint density at radius 2 is 1.93 bits per heavy atom. The molecule has 0 bridgehead atoms. The van der Waals surface area contributed by atoms with Crippen LogP contribution in [0.4, 0.5) is 5.00 Å². The SMILES string of the molecule is CC(C)c1cc(C(=O)OCC(=O)Nc2sccc2C(N)=O)c2ccccc2n1. The first-order valence-corrected chi connectivity index (χ1v) is 9.48. The lowest BCUT2D eigenvalue weighted by Crippen LogP contribution is -2.22. The highest BCUT2D eigenvalue weighted by Gasteiger charge is 2.18. The minimum absolute atomic E-state index is 0.130. The van der Waals surface area contributed by atoms with Crippen molar-refractivity contribution >= 4 is 45.0 Å². The Labute approximate surface area is 165 Å². The lowest BCUT2D eigenvalue weighted by molar-refractivity contribution is -0.119. The van der Waals surface area contributed by atoms with Crippen LogP contribution in [0, 0.1) is 0 Å². The molecule has 0 saturated carbocycles. The van der Waals surface area contributed by atoms with Gasteiger partial charge in [-0.2, -0.15) is 0 Å². The van der Waals surface area contributed by atoms with Crippen molar-refractivity contribution in [3.63, 3.8) is 0 Å². The Morgan fingerprint density at radius 3 is 2.64 bits per heavy atom. The van der Waals surface area contributed by atoms with E-state index >= 15 is 0 Å². The van der Waals surface area contributed by atoms with Gasteiger partial charge >= 0.3 is 5.97 Å². The highest BCUT2D eigenvalue weighted by Crippen LogP contribution is 2.24. The number of primary amides is 1. The molecule has 0 aliphatic carbocycles. The molecule has 3 aromatic rings. The van der Waals surface area contributed by atoms with Crippen molar-refractivity contribution in [2.75, 3.05) is 11.9 Å². The summed E-state index contributed by atoms with van der Waals surface area (Å²) in [4.78, 5) is 40.6. The van der Waals surface area contributed by atoms with E-state index in [1.807, 2.05) is 32.0 Å². The Balaban J connectivity index is 1.75. The Hall–Kier alpha value is -3.26. The van der Waals surface area contributed by atoms with Gasteiger partial charge in [-0.3, -0.25) is 14.6 Å². The number of nitrogens with two attached hydrogens (primary N) is 1. The second-order valence-electron chi connectivity index (χ2n) is 6.42. The molecule has 0 aliphatic rings. The second kappa shape index (κ2) is 8.18. The second-order valence-corrected chi connectivity index (χ2v) is 7.33. The van der Waals surface area contributed by atoms with Crippen molar-refractivity contribution in [1.82, 2.24) is 4.98 Å². The molecule has 7 nitrogen and oxygen atoms in total. The number of aromatic nitrogens is 1. The lowest BCUT2D eigenvalue weighted by atomic mass is 10.0. The summed E-state index contributed by atoms with van der Waals surface area (Å²) in [5.41, 5.74) is 7.27. The Kier molecular flexibility index (Phi) is 5.70. The normalized spacial score (nSPS) is 10.8. The maximum Gasteiger partial charge on any atom is 0.339 e. The van der Waals surface area contributed by atoms with E-state index in [0.717, 1.165) is 17.0 Å². The van der Waals surface area contributed by atoms with Crippen molar-refractivity contribution in [3.8, 4) is 0 Å². The number of nitrogens with zero attached hydrogens (tertiary/aromatic N) is 1. The van der Waals surface area contributed by atoms with Crippen LogP contribution >= 0.6 is 11.3 Å². The number of para-hydroxylation sites is 1. The zero-order chi connectivity index (χ0) is 20.3. The number of carbonyl (C=O) groups is 3. The zero-order valence-corrected chi connectivity index (χ0v) is 16.2. The standard InChI is InChI=1S/C20H19N3O4S/c1-11(2)16-9-14(12-5-3-4-6-15(12)22-16)20(26)27-10-17(24)23-19-13(18(21)25)7-8-28-19/h3-9,11H,10H2,1-2H3,(H2,21,25)(H,23,24). The fourth-order valence-electron chi connectivity index (χ4n) is 2.63. The third-order valence-corrected chi connectivity index (χ3v) is 4.90. The molecule has 0 unspecified atom stereocenters. The highest BCUT2D eigenvalue weighted by atomic mass is 32.1. The molecule has 144 valence electrons. The van der Waals surface area contributed by atoms with E-state index < -0.39 is 24.4 Å². The Morgan fingerprint density at radius 1 is 1.18 bits per heavy atom. The topological polar surface area (TPSA) is 111 Å². The van der Waals surface area contributed by atoms with Crippen LogP contribution in [-0.4, -0.2) is 29.4 Å². The number of hydrogen-bond donors (Lipinski definition) is 2. The van der Waals surface area contributed by atoms with E-state index in [1.54, 1.807) is 17.5 Å². The van der Waals surface area contributed by atoms with Crippen molar-refractivity contribution in [2.24, 2.45) is 5.73 Å². The van der Waals surface area contributed by atoms with Gasteiger partial charge in [0.25, 0.3) is 11.8 Å². The molecule has 2 aromatic heterocycles. The van der Waals surface area contributed by atoms with Crippen LogP contribution in [0.1, 0.15) is 46.2 Å². The number of rotatable bonds is 6. The van der Waals surface area contributed by atoms with Gasteiger partial charge in [-0.25, -0.2) is 4.79 Å². The molecule has 0 aliphatic heterocycles. The summed E-state index contributed by atoms with van der Waals surface area (Å²) in [5, 5.41) is 5.15. The third-order valence-electron chi connectivity index (χ3n) is 4.07. The predicted octanol–water partition coefficient (Wildman–Crippen LogP) is 3.31. The minimum Gasteiger partial charge on any atom is -0.452 e. The highest BCUT2D eigenvalue weighted by molar-refractivity contribution is 7.14. The zero-order valence-electron chi connectivity index (χ0n) is 15.4. The molecule has 1 aromatic carbocycles. The van der Waals surface area contributed by atoms with Crippen molar-refractivity contribution in [3.05, 3.63) is 58.6 Å². The van der Waals surface area contributed by atoms with Crippen LogP contribution in [0.3, 0.4) is 0 Å². The fourth-order valence-corrected chi connectivity index (χ4v) is 3.44. The lowest BCUT2D eigenvalue weighted by Gasteiger charge is -2.11. The first-order chi connectivity index (χ1) is 13.4. The first kappa shape index (κ1) is 19.5. The molecule has 8 heteroatoms. The number of pyridine rings is 1. The van der Waals surface area contributed by atoms with E-state index in [1.165, 1.54) is 6.07 Å². The quantitative estimate of drug-likeness (QED) is 0.620. The number of anilines is 1. The average molecular weight is 397 g/mol.